The molecule has 2 nitrogen and oxygen atoms in total. The number of fused-ring (bicyclic) bond motifs is 1. The number of hydrogen-bond acceptors (Lipinski definition) is 2. The van der Waals surface area contributed by atoms with E-state index in [4.69, 9.17) is 4.98 Å². The first-order chi connectivity index (χ1) is 11.3. The minimum absolute atomic E-state index is 0. The van der Waals surface area contributed by atoms with Crippen LogP contribution in [0.15, 0.2) is 84.9 Å². The van der Waals surface area contributed by atoms with Crippen LogP contribution >= 0.6 is 0 Å². The first-order valence-electron chi connectivity index (χ1n) is 7.56. The molecule has 4 rings (SSSR count). The Hall–Kier alpha value is -2.53. The largest absolute Gasteiger partial charge is 1.00 e. The molecule has 0 radical (unpaired) electrons. The molecular weight excluding hydrogens is 289 g/mol. The number of hydrogen-bond donors (Lipinski definition) is 1. The van der Waals surface area contributed by atoms with Gasteiger partial charge in [0, 0.05) is 16.5 Å². The topological polar surface area (TPSA) is 33.1 Å². The maximum absolute atomic E-state index is 10.2. The molecule has 0 spiro atoms. The summed E-state index contributed by atoms with van der Waals surface area (Å²) < 4.78 is 0. The number of pyridine rings is 1. The van der Waals surface area contributed by atoms with E-state index in [1.165, 1.54) is 0 Å². The summed E-state index contributed by atoms with van der Waals surface area (Å²) in [6, 6.07) is 27.8. The molecule has 0 saturated carbocycles. The predicted molar refractivity (Wildman–Crippen MR) is 95.4 cm³/mol. The van der Waals surface area contributed by atoms with E-state index in [1.807, 2.05) is 54.6 Å². The van der Waals surface area contributed by atoms with Gasteiger partial charge in [-0.05, 0) is 23.8 Å². The van der Waals surface area contributed by atoms with Gasteiger partial charge in [0.1, 0.15) is 5.75 Å². The number of phenolic OH excluding ortho intramolecular Hbond substituents is 1. The summed E-state index contributed by atoms with van der Waals surface area (Å²) in [4.78, 5) is 4.82. The molecule has 0 unspecified atom stereocenters. The van der Waals surface area contributed by atoms with Crippen LogP contribution in [0.4, 0.5) is 0 Å². The van der Waals surface area contributed by atoms with Crippen molar-refractivity contribution in [2.45, 2.75) is 0 Å². The van der Waals surface area contributed by atoms with Crippen LogP contribution in [0, 0.1) is 0 Å². The van der Waals surface area contributed by atoms with Gasteiger partial charge >= 0.3 is 18.9 Å². The van der Waals surface area contributed by atoms with Crippen molar-refractivity contribution in [1.29, 1.82) is 0 Å². The molecule has 3 heteroatoms. The fourth-order valence-corrected chi connectivity index (χ4v) is 2.83. The molecule has 0 amide bonds. The molecular formula is C21H16LiNO. The molecule has 4 aromatic rings. The van der Waals surface area contributed by atoms with Crippen molar-refractivity contribution < 1.29 is 25.4 Å². The summed E-state index contributed by atoms with van der Waals surface area (Å²) in [6.07, 6.45) is 0. The number of nitrogens with zero attached hydrogens (tertiary/aromatic N) is 1. The van der Waals surface area contributed by atoms with Crippen LogP contribution in [-0.4, -0.2) is 10.1 Å². The zero-order chi connectivity index (χ0) is 15.6. The van der Waals surface area contributed by atoms with Gasteiger partial charge in [0.2, 0.25) is 0 Å². The van der Waals surface area contributed by atoms with E-state index in [2.05, 4.69) is 24.3 Å². The van der Waals surface area contributed by atoms with Gasteiger partial charge in [0.15, 0.2) is 0 Å². The van der Waals surface area contributed by atoms with E-state index in [0.717, 1.165) is 33.3 Å². The molecule has 1 heterocycles. The average Bonchev–Trinajstić information content (AvgIpc) is 2.63. The standard InChI is InChI=1S/C21H15NO.Li.H/c23-20-13-7-12-19-18(20)14-17(15-8-3-1-4-9-15)21(22-19)16-10-5-2-6-11-16;;/h1-14,23H;;/q;+1;-1. The molecule has 0 aliphatic rings. The summed E-state index contributed by atoms with van der Waals surface area (Å²) in [5.74, 6) is 0.256. The minimum atomic E-state index is 0. The van der Waals surface area contributed by atoms with Crippen molar-refractivity contribution in [3.05, 3.63) is 84.9 Å². The van der Waals surface area contributed by atoms with Gasteiger partial charge in [-0.25, -0.2) is 4.98 Å². The summed E-state index contributed by atoms with van der Waals surface area (Å²) >= 11 is 0. The fraction of sp³-hybridized carbons (Fsp3) is 0. The zero-order valence-electron chi connectivity index (χ0n) is 14.5. The van der Waals surface area contributed by atoms with E-state index >= 15 is 0 Å². The Balaban J connectivity index is 0.00000113. The van der Waals surface area contributed by atoms with Crippen LogP contribution in [-0.2, 0) is 0 Å². The van der Waals surface area contributed by atoms with E-state index in [-0.39, 0.29) is 26.0 Å². The van der Waals surface area contributed by atoms with Crippen molar-refractivity contribution in [2.75, 3.05) is 0 Å². The number of rotatable bonds is 2. The number of benzene rings is 3. The van der Waals surface area contributed by atoms with Crippen LogP contribution in [0.3, 0.4) is 0 Å². The number of phenols is 1. The average molecular weight is 305 g/mol. The van der Waals surface area contributed by atoms with Crippen molar-refractivity contribution in [1.82, 2.24) is 4.98 Å². The smallest absolute Gasteiger partial charge is 1.00 e. The SMILES string of the molecule is Oc1cccc2nc(-c3ccccc3)c(-c3ccccc3)cc12.[H-].[Li+]. The molecule has 0 aliphatic heterocycles. The Kier molecular flexibility index (Phi) is 4.71. The van der Waals surface area contributed by atoms with Gasteiger partial charge in [-0.1, -0.05) is 66.7 Å². The number of aromatic nitrogens is 1. The molecule has 0 bridgehead atoms. The Bertz CT molecular complexity index is 975. The van der Waals surface area contributed by atoms with Crippen molar-refractivity contribution >= 4 is 10.9 Å². The molecule has 0 saturated heterocycles. The summed E-state index contributed by atoms with van der Waals surface area (Å²) in [5.41, 5.74) is 4.89. The molecule has 24 heavy (non-hydrogen) atoms. The summed E-state index contributed by atoms with van der Waals surface area (Å²) in [5, 5.41) is 10.9. The van der Waals surface area contributed by atoms with Gasteiger partial charge in [-0.2, -0.15) is 0 Å². The van der Waals surface area contributed by atoms with Gasteiger partial charge in [-0.15, -0.1) is 0 Å². The molecule has 0 fully saturated rings. The first-order valence-corrected chi connectivity index (χ1v) is 7.56. The van der Waals surface area contributed by atoms with Crippen molar-refractivity contribution in [3.63, 3.8) is 0 Å². The van der Waals surface area contributed by atoms with E-state index in [1.54, 1.807) is 6.07 Å². The number of aromatic hydroxyl groups is 1. The van der Waals surface area contributed by atoms with Gasteiger partial charge in [-0.3, -0.25) is 0 Å². The Morgan fingerprint density at radius 3 is 2.00 bits per heavy atom. The maximum atomic E-state index is 10.2. The minimum Gasteiger partial charge on any atom is -1.00 e. The van der Waals surface area contributed by atoms with Crippen LogP contribution in [0.5, 0.6) is 5.75 Å². The zero-order valence-corrected chi connectivity index (χ0v) is 13.5. The quantitative estimate of drug-likeness (QED) is 0.577. The maximum Gasteiger partial charge on any atom is 1.00 e. The Morgan fingerprint density at radius 1 is 0.708 bits per heavy atom. The third kappa shape index (κ3) is 2.95. The monoisotopic (exact) mass is 305 g/mol. The van der Waals surface area contributed by atoms with Crippen molar-refractivity contribution in [3.8, 4) is 28.1 Å². The normalized spacial score (nSPS) is 10.3. The Morgan fingerprint density at radius 2 is 1.33 bits per heavy atom. The van der Waals surface area contributed by atoms with Gasteiger partial charge in [0.05, 0.1) is 11.2 Å². The second-order valence-corrected chi connectivity index (χ2v) is 5.46. The first kappa shape index (κ1) is 16.3. The predicted octanol–water partition coefficient (Wildman–Crippen LogP) is 2.39. The summed E-state index contributed by atoms with van der Waals surface area (Å²) in [7, 11) is 0. The van der Waals surface area contributed by atoms with E-state index in [9.17, 15) is 5.11 Å². The van der Waals surface area contributed by atoms with Gasteiger partial charge in [0.25, 0.3) is 0 Å². The third-order valence-corrected chi connectivity index (χ3v) is 3.97. The van der Waals surface area contributed by atoms with Gasteiger partial charge < -0.3 is 6.53 Å². The fourth-order valence-electron chi connectivity index (χ4n) is 2.83. The van der Waals surface area contributed by atoms with E-state index in [0.29, 0.717) is 0 Å². The molecule has 1 aromatic heterocycles. The molecule has 3 aromatic carbocycles. The second-order valence-electron chi connectivity index (χ2n) is 5.46. The molecule has 0 aliphatic carbocycles. The van der Waals surface area contributed by atoms with Crippen LogP contribution < -0.4 is 18.9 Å². The van der Waals surface area contributed by atoms with Crippen LogP contribution in [0.2, 0.25) is 0 Å². The third-order valence-electron chi connectivity index (χ3n) is 3.97. The Labute approximate surface area is 154 Å². The summed E-state index contributed by atoms with van der Waals surface area (Å²) in [6.45, 7) is 0. The molecule has 1 N–H and O–H groups in total. The van der Waals surface area contributed by atoms with Crippen molar-refractivity contribution in [2.24, 2.45) is 0 Å². The second kappa shape index (κ2) is 6.93. The molecule has 0 atom stereocenters. The van der Waals surface area contributed by atoms with Crippen LogP contribution in [0.25, 0.3) is 33.3 Å². The van der Waals surface area contributed by atoms with E-state index < -0.39 is 0 Å². The molecule has 112 valence electrons. The van der Waals surface area contributed by atoms with Crippen LogP contribution in [0.1, 0.15) is 1.43 Å².